The SMILES string of the molecule is CCCCCCCC/C=C\CCCCCCCC(=O)N[C@@H](CCCCN)C(=O)O. The number of carbonyl (C=O) groups excluding carboxylic acids is 1. The van der Waals surface area contributed by atoms with Crippen LogP contribution in [0.5, 0.6) is 0 Å². The Morgan fingerprint density at radius 2 is 1.38 bits per heavy atom. The molecule has 0 aliphatic heterocycles. The predicted octanol–water partition coefficient (Wildman–Crippen LogP) is 5.72. The van der Waals surface area contributed by atoms with E-state index in [0.29, 0.717) is 19.4 Å². The van der Waals surface area contributed by atoms with Crippen molar-refractivity contribution < 1.29 is 14.7 Å². The summed E-state index contributed by atoms with van der Waals surface area (Å²) < 4.78 is 0. The number of aliphatic carboxylic acids is 1. The number of hydrogen-bond acceptors (Lipinski definition) is 3. The number of carboxylic acids is 1. The van der Waals surface area contributed by atoms with Crippen LogP contribution in [0.2, 0.25) is 0 Å². The van der Waals surface area contributed by atoms with Crippen molar-refractivity contribution in [2.45, 2.75) is 122 Å². The van der Waals surface area contributed by atoms with Crippen molar-refractivity contribution in [2.24, 2.45) is 5.73 Å². The molecule has 0 fully saturated rings. The molecule has 1 amide bonds. The van der Waals surface area contributed by atoms with Crippen LogP contribution in [-0.2, 0) is 9.59 Å². The first kappa shape index (κ1) is 27.6. The highest BCUT2D eigenvalue weighted by atomic mass is 16.4. The van der Waals surface area contributed by atoms with E-state index in [1.807, 2.05) is 0 Å². The zero-order valence-electron chi connectivity index (χ0n) is 18.8. The third-order valence-corrected chi connectivity index (χ3v) is 5.25. The van der Waals surface area contributed by atoms with Crippen molar-refractivity contribution in [1.82, 2.24) is 5.32 Å². The summed E-state index contributed by atoms with van der Waals surface area (Å²) in [6, 6.07) is -0.780. The van der Waals surface area contributed by atoms with E-state index >= 15 is 0 Å². The lowest BCUT2D eigenvalue weighted by molar-refractivity contribution is -0.142. The zero-order valence-corrected chi connectivity index (χ0v) is 18.8. The minimum atomic E-state index is -0.958. The van der Waals surface area contributed by atoms with E-state index in [4.69, 9.17) is 5.73 Å². The molecule has 29 heavy (non-hydrogen) atoms. The highest BCUT2D eigenvalue weighted by Crippen LogP contribution is 2.10. The first-order valence-corrected chi connectivity index (χ1v) is 12.0. The van der Waals surface area contributed by atoms with E-state index in [-0.39, 0.29) is 5.91 Å². The second-order valence-corrected chi connectivity index (χ2v) is 8.08. The van der Waals surface area contributed by atoms with Crippen molar-refractivity contribution in [3.8, 4) is 0 Å². The molecule has 1 atom stereocenters. The molecule has 0 heterocycles. The van der Waals surface area contributed by atoms with Crippen LogP contribution < -0.4 is 11.1 Å². The van der Waals surface area contributed by atoms with Gasteiger partial charge in [0.1, 0.15) is 6.04 Å². The van der Waals surface area contributed by atoms with Crippen molar-refractivity contribution in [3.63, 3.8) is 0 Å². The second-order valence-electron chi connectivity index (χ2n) is 8.08. The summed E-state index contributed by atoms with van der Waals surface area (Å²) >= 11 is 0. The first-order valence-electron chi connectivity index (χ1n) is 12.0. The van der Waals surface area contributed by atoms with E-state index in [1.165, 1.54) is 57.8 Å². The quantitative estimate of drug-likeness (QED) is 0.167. The topological polar surface area (TPSA) is 92.4 Å². The van der Waals surface area contributed by atoms with Crippen LogP contribution in [0.4, 0.5) is 0 Å². The molecular weight excluding hydrogens is 364 g/mol. The van der Waals surface area contributed by atoms with E-state index in [1.54, 1.807) is 0 Å². The number of unbranched alkanes of at least 4 members (excludes halogenated alkanes) is 12. The molecule has 0 radical (unpaired) electrons. The number of nitrogens with two attached hydrogens (primary N) is 1. The van der Waals surface area contributed by atoms with Crippen LogP contribution in [0.25, 0.3) is 0 Å². The molecule has 4 N–H and O–H groups in total. The summed E-state index contributed by atoms with van der Waals surface area (Å²) in [7, 11) is 0. The van der Waals surface area contributed by atoms with Gasteiger partial charge in [0.05, 0.1) is 0 Å². The molecule has 5 heteroatoms. The number of hydrogen-bond donors (Lipinski definition) is 3. The Bertz CT molecular complexity index is 424. The fraction of sp³-hybridized carbons (Fsp3) is 0.833. The molecule has 0 spiro atoms. The van der Waals surface area contributed by atoms with Crippen LogP contribution in [0.1, 0.15) is 116 Å². The van der Waals surface area contributed by atoms with Crippen molar-refractivity contribution in [1.29, 1.82) is 0 Å². The summed E-state index contributed by atoms with van der Waals surface area (Å²) in [5.41, 5.74) is 5.42. The normalized spacial score (nSPS) is 12.3. The van der Waals surface area contributed by atoms with Gasteiger partial charge in [-0.25, -0.2) is 4.79 Å². The summed E-state index contributed by atoms with van der Waals surface area (Å²) in [6.07, 6.45) is 22.9. The molecule has 0 saturated carbocycles. The van der Waals surface area contributed by atoms with Gasteiger partial charge in [-0.05, 0) is 57.9 Å². The van der Waals surface area contributed by atoms with Gasteiger partial charge in [-0.2, -0.15) is 0 Å². The first-order chi connectivity index (χ1) is 14.1. The molecular formula is C24H46N2O3. The van der Waals surface area contributed by atoms with Crippen LogP contribution in [0, 0.1) is 0 Å². The average Bonchev–Trinajstić information content (AvgIpc) is 2.70. The Labute approximate surface area is 178 Å². The Hall–Kier alpha value is -1.36. The van der Waals surface area contributed by atoms with E-state index in [2.05, 4.69) is 24.4 Å². The largest absolute Gasteiger partial charge is 0.480 e. The predicted molar refractivity (Wildman–Crippen MR) is 122 cm³/mol. The van der Waals surface area contributed by atoms with Crippen molar-refractivity contribution >= 4 is 11.9 Å². The van der Waals surface area contributed by atoms with Crippen molar-refractivity contribution in [3.05, 3.63) is 12.2 Å². The molecule has 5 nitrogen and oxygen atoms in total. The third-order valence-electron chi connectivity index (χ3n) is 5.25. The molecule has 0 unspecified atom stereocenters. The highest BCUT2D eigenvalue weighted by molar-refractivity contribution is 5.83. The summed E-state index contributed by atoms with van der Waals surface area (Å²) in [4.78, 5) is 23.1. The number of carboxylic acid groups (broad SMARTS) is 1. The lowest BCUT2D eigenvalue weighted by Crippen LogP contribution is -2.40. The maximum atomic E-state index is 11.9. The summed E-state index contributed by atoms with van der Waals surface area (Å²) in [5, 5.41) is 11.8. The second kappa shape index (κ2) is 21.4. The van der Waals surface area contributed by atoms with Crippen LogP contribution >= 0.6 is 0 Å². The zero-order chi connectivity index (χ0) is 21.6. The molecule has 0 rings (SSSR count). The fourth-order valence-corrected chi connectivity index (χ4v) is 3.37. The molecule has 0 aromatic heterocycles. The Kier molecular flexibility index (Phi) is 20.3. The third kappa shape index (κ3) is 19.7. The van der Waals surface area contributed by atoms with Gasteiger partial charge in [-0.1, -0.05) is 70.4 Å². The van der Waals surface area contributed by atoms with Gasteiger partial charge in [-0.15, -0.1) is 0 Å². The van der Waals surface area contributed by atoms with Gasteiger partial charge in [0.25, 0.3) is 0 Å². The smallest absolute Gasteiger partial charge is 0.326 e. The van der Waals surface area contributed by atoms with Crippen molar-refractivity contribution in [2.75, 3.05) is 6.54 Å². The minimum Gasteiger partial charge on any atom is -0.480 e. The molecule has 0 saturated heterocycles. The molecule has 170 valence electrons. The van der Waals surface area contributed by atoms with E-state index in [0.717, 1.165) is 38.5 Å². The Morgan fingerprint density at radius 3 is 1.93 bits per heavy atom. The van der Waals surface area contributed by atoms with Crippen LogP contribution in [-0.4, -0.2) is 29.6 Å². The number of nitrogens with one attached hydrogen (secondary N) is 1. The minimum absolute atomic E-state index is 0.150. The van der Waals surface area contributed by atoms with Crippen LogP contribution in [0.15, 0.2) is 12.2 Å². The van der Waals surface area contributed by atoms with Gasteiger partial charge >= 0.3 is 5.97 Å². The summed E-state index contributed by atoms with van der Waals surface area (Å²) in [6.45, 7) is 2.80. The maximum absolute atomic E-state index is 11.9. The van der Waals surface area contributed by atoms with E-state index in [9.17, 15) is 14.7 Å². The molecule has 0 bridgehead atoms. The summed E-state index contributed by atoms with van der Waals surface area (Å²) in [5.74, 6) is -1.11. The monoisotopic (exact) mass is 410 g/mol. The maximum Gasteiger partial charge on any atom is 0.326 e. The number of rotatable bonds is 21. The Morgan fingerprint density at radius 1 is 0.828 bits per heavy atom. The Balaban J connectivity index is 3.51. The number of amides is 1. The molecule has 0 aliphatic carbocycles. The van der Waals surface area contributed by atoms with Gasteiger partial charge in [-0.3, -0.25) is 4.79 Å². The molecule has 0 aromatic rings. The highest BCUT2D eigenvalue weighted by Gasteiger charge is 2.18. The van der Waals surface area contributed by atoms with E-state index < -0.39 is 12.0 Å². The number of carbonyl (C=O) groups is 2. The molecule has 0 aromatic carbocycles. The number of allylic oxidation sites excluding steroid dienone is 2. The van der Waals surface area contributed by atoms with Gasteiger partial charge < -0.3 is 16.2 Å². The van der Waals surface area contributed by atoms with Gasteiger partial charge in [0.15, 0.2) is 0 Å². The van der Waals surface area contributed by atoms with Gasteiger partial charge in [0, 0.05) is 6.42 Å². The fourth-order valence-electron chi connectivity index (χ4n) is 3.37. The lowest BCUT2D eigenvalue weighted by Gasteiger charge is -2.14. The van der Waals surface area contributed by atoms with Gasteiger partial charge in [0.2, 0.25) is 5.91 Å². The average molecular weight is 411 g/mol. The molecule has 0 aliphatic rings. The van der Waals surface area contributed by atoms with Crippen LogP contribution in [0.3, 0.4) is 0 Å². The lowest BCUT2D eigenvalue weighted by atomic mass is 10.1. The standard InChI is InChI=1S/C24H46N2O3/c1-2-3-4-5-6-7-8-9-10-11-12-13-14-15-16-20-23(27)26-22(24(28)29)19-17-18-21-25/h9-10,22H,2-8,11-21,25H2,1H3,(H,26,27)(H,28,29)/b10-9-/t22-/m0/s1.